The number of hydrogen-bond donors (Lipinski definition) is 3. The first kappa shape index (κ1) is 55.3. The third-order valence-corrected chi connectivity index (χ3v) is 16.7. The van der Waals surface area contributed by atoms with Gasteiger partial charge in [0.15, 0.2) is 17.5 Å². The summed E-state index contributed by atoms with van der Waals surface area (Å²) in [6, 6.07) is 17.2. The first-order valence-corrected chi connectivity index (χ1v) is 27.6. The van der Waals surface area contributed by atoms with Crippen LogP contribution in [0.2, 0.25) is 0 Å². The maximum atomic E-state index is 14.4. The van der Waals surface area contributed by atoms with Crippen molar-refractivity contribution in [3.8, 4) is 17.1 Å². The summed E-state index contributed by atoms with van der Waals surface area (Å²) < 4.78 is 97.5. The van der Waals surface area contributed by atoms with Crippen LogP contribution >= 0.6 is 12.1 Å². The highest BCUT2D eigenvalue weighted by Gasteiger charge is 2.81. The van der Waals surface area contributed by atoms with Crippen LogP contribution < -0.4 is 16.0 Å². The van der Waals surface area contributed by atoms with Crippen LogP contribution in [-0.2, 0) is 30.6 Å². The topological polar surface area (TPSA) is 218 Å². The summed E-state index contributed by atoms with van der Waals surface area (Å²) in [4.78, 5) is 63.0. The molecule has 18 nitrogen and oxygen atoms in total. The molecule has 3 atom stereocenters. The van der Waals surface area contributed by atoms with Crippen LogP contribution in [0.5, 0.6) is 0 Å². The van der Waals surface area contributed by atoms with Gasteiger partial charge in [0.1, 0.15) is 51.1 Å². The molecule has 9 aromatic rings. The summed E-state index contributed by atoms with van der Waals surface area (Å²) in [6.45, 7) is 0. The van der Waals surface area contributed by atoms with Gasteiger partial charge in [-0.25, -0.2) is 40.4 Å². The van der Waals surface area contributed by atoms with E-state index in [1.54, 1.807) is 36.8 Å². The van der Waals surface area contributed by atoms with Crippen LogP contribution in [-0.4, -0.2) is 83.2 Å². The number of hydrogen-bond acceptors (Lipinski definition) is 13. The number of carbonyl (C=O) groups excluding carboxylic acids is 3. The highest BCUT2D eigenvalue weighted by Crippen LogP contribution is 2.80. The quantitative estimate of drug-likeness (QED) is 0.0972. The van der Waals surface area contributed by atoms with E-state index in [1.807, 2.05) is 0 Å². The third-order valence-electron chi connectivity index (χ3n) is 16.7. The maximum Gasteiger partial charge on any atom is 0.238 e. The molecular weight excluding hydrogens is 1120 g/mol. The molecule has 0 saturated heterocycles. The van der Waals surface area contributed by atoms with E-state index in [0.29, 0.717) is 53.8 Å². The van der Waals surface area contributed by atoms with Gasteiger partial charge >= 0.3 is 0 Å². The van der Waals surface area contributed by atoms with E-state index >= 15 is 0 Å². The van der Waals surface area contributed by atoms with Gasteiger partial charge in [-0.1, -0.05) is 0 Å². The molecular formula is C58H48F7N15O3S. The van der Waals surface area contributed by atoms with Crippen molar-refractivity contribution >= 4 is 47.3 Å². The van der Waals surface area contributed by atoms with Gasteiger partial charge in [0, 0.05) is 92.0 Å². The molecule has 6 aliphatic rings. The predicted molar refractivity (Wildman–Crippen MR) is 291 cm³/mol. The Labute approximate surface area is 478 Å². The predicted octanol–water partition coefficient (Wildman–Crippen LogP) is 10.2. The number of rotatable bonds is 12. The van der Waals surface area contributed by atoms with Gasteiger partial charge in [-0.3, -0.25) is 44.3 Å². The second kappa shape index (κ2) is 21.2. The Morgan fingerprint density at radius 3 is 0.952 bits per heavy atom. The Morgan fingerprint density at radius 2 is 0.726 bits per heavy atom. The minimum atomic E-state index is -0.942. The van der Waals surface area contributed by atoms with Crippen LogP contribution in [0, 0.1) is 51.1 Å². The fraction of sp³-hybridized carbons (Fsp3) is 0.276. The summed E-state index contributed by atoms with van der Waals surface area (Å²) in [5.41, 5.74) is -1.45. The van der Waals surface area contributed by atoms with Crippen LogP contribution in [0.4, 0.5) is 47.7 Å². The minimum Gasteiger partial charge on any atom is -0.308 e. The van der Waals surface area contributed by atoms with Gasteiger partial charge in [0.05, 0.1) is 71.3 Å². The number of pyridine rings is 6. The molecule has 0 radical (unpaired) electrons. The number of nitrogens with zero attached hydrogens (tertiary/aromatic N) is 12. The molecule has 3 amide bonds. The molecule has 6 aliphatic carbocycles. The zero-order valence-corrected chi connectivity index (χ0v) is 45.2. The molecule has 26 heteroatoms. The lowest BCUT2D eigenvalue weighted by atomic mass is 9.95. The molecule has 3 N–H and O–H groups in total. The van der Waals surface area contributed by atoms with E-state index in [-0.39, 0.29) is 63.2 Å². The Bertz CT molecular complexity index is 3620. The summed E-state index contributed by atoms with van der Waals surface area (Å²) in [6.07, 6.45) is 25.5. The molecule has 0 aliphatic heterocycles. The number of aromatic nitrogens is 12. The van der Waals surface area contributed by atoms with Crippen LogP contribution in [0.3, 0.4) is 0 Å². The summed E-state index contributed by atoms with van der Waals surface area (Å²) in [5.74, 6) is -2.83. The Hall–Kier alpha value is -9.20. The van der Waals surface area contributed by atoms with Gasteiger partial charge in [0.2, 0.25) is 17.7 Å². The van der Waals surface area contributed by atoms with Gasteiger partial charge < -0.3 is 16.0 Å². The number of anilines is 3. The van der Waals surface area contributed by atoms with Crippen LogP contribution in [0.1, 0.15) is 74.9 Å². The molecule has 9 aromatic heterocycles. The molecule has 0 bridgehead atoms. The van der Waals surface area contributed by atoms with Gasteiger partial charge in [-0.05, 0) is 110 Å². The van der Waals surface area contributed by atoms with E-state index in [0.717, 1.165) is 57.1 Å². The van der Waals surface area contributed by atoms with Gasteiger partial charge in [-0.2, -0.15) is 19.2 Å². The van der Waals surface area contributed by atoms with E-state index in [1.165, 1.54) is 112 Å². The normalized spacial score (nSPS) is 21.3. The Balaban J connectivity index is 0.000000121. The van der Waals surface area contributed by atoms with Crippen LogP contribution in [0.25, 0.3) is 17.1 Å². The Morgan fingerprint density at radius 1 is 0.452 bits per heavy atom. The lowest BCUT2D eigenvalue weighted by Gasteiger charge is -2.16. The van der Waals surface area contributed by atoms with Crippen molar-refractivity contribution in [3.63, 3.8) is 0 Å². The summed E-state index contributed by atoms with van der Waals surface area (Å²) in [5, 5.41) is 21.1. The number of nitrogens with one attached hydrogen (secondary N) is 3. The first-order valence-electron chi connectivity index (χ1n) is 26.5. The van der Waals surface area contributed by atoms with Crippen molar-refractivity contribution in [2.45, 2.75) is 74.0 Å². The van der Waals surface area contributed by atoms with E-state index < -0.39 is 51.1 Å². The molecule has 6 fully saturated rings. The van der Waals surface area contributed by atoms with Crippen molar-refractivity contribution in [2.24, 2.45) is 16.2 Å². The minimum absolute atomic E-state index is 0.179. The van der Waals surface area contributed by atoms with E-state index in [2.05, 4.69) is 61.2 Å². The number of carbonyl (C=O) groups is 3. The first-order chi connectivity index (χ1) is 40.5. The number of halogens is 7. The molecule has 15 rings (SSSR count). The summed E-state index contributed by atoms with van der Waals surface area (Å²) in [7, 11) is 0. The smallest absolute Gasteiger partial charge is 0.238 e. The SMILES string of the molecule is CSF.O=C(Nc1ccn(-c2cncc(F)c2)n1)C1(c2ncccc2F)CC12CC2.O=C(Nc1ccn(-c2cncc(F)c2)n1)[C@@]1(c2ncccc2F)CC12CC2.O=C(Nc1ccn(-c2cncc(F)c2)n1)[C@]1(c2ncccc2F)CC12CC2. The monoisotopic (exact) mass is 1170 g/mol. The zero-order chi connectivity index (χ0) is 58.7. The zero-order valence-electron chi connectivity index (χ0n) is 44.4. The van der Waals surface area contributed by atoms with Gasteiger partial charge in [-0.15, -0.1) is 0 Å². The fourth-order valence-corrected chi connectivity index (χ4v) is 11.9. The van der Waals surface area contributed by atoms with Crippen molar-refractivity contribution < 1.29 is 44.6 Å². The lowest BCUT2D eigenvalue weighted by Crippen LogP contribution is -2.32. The van der Waals surface area contributed by atoms with Crippen molar-refractivity contribution in [1.82, 2.24) is 59.2 Å². The van der Waals surface area contributed by atoms with Crippen LogP contribution in [0.15, 0.2) is 147 Å². The largest absolute Gasteiger partial charge is 0.308 e. The second-order valence-corrected chi connectivity index (χ2v) is 21.9. The maximum absolute atomic E-state index is 14.4. The van der Waals surface area contributed by atoms with E-state index in [4.69, 9.17) is 0 Å². The van der Waals surface area contributed by atoms with Crippen molar-refractivity contribution in [2.75, 3.05) is 22.2 Å². The molecule has 84 heavy (non-hydrogen) atoms. The van der Waals surface area contributed by atoms with E-state index in [9.17, 15) is 44.6 Å². The summed E-state index contributed by atoms with van der Waals surface area (Å²) >= 11 is 0.250. The highest BCUT2D eigenvalue weighted by molar-refractivity contribution is 7.93. The number of amides is 3. The molecule has 6 saturated carbocycles. The standard InChI is InChI=1S/3C19H15F2N5O.CH3FS/c3*20-12-8-13(10-22-9-12)26-7-3-15(25-26)24-17(27)19(11-18(19)4-5-18)16-14(21)2-1-6-23-16;1-3-2/h3*1-3,6-10H,4-5,11H2,(H,24,25,27);1H3/t2*19-;;/m10../s1. The van der Waals surface area contributed by atoms with Crippen molar-refractivity contribution in [3.05, 3.63) is 199 Å². The molecule has 428 valence electrons. The Kier molecular flexibility index (Phi) is 14.0. The fourth-order valence-electron chi connectivity index (χ4n) is 11.9. The average molecular weight is 1170 g/mol. The molecule has 3 spiro atoms. The van der Waals surface area contributed by atoms with Crippen molar-refractivity contribution in [1.29, 1.82) is 0 Å². The van der Waals surface area contributed by atoms with Gasteiger partial charge in [0.25, 0.3) is 0 Å². The average Bonchev–Trinajstić information content (AvgIpc) is 1.54. The molecule has 0 aromatic carbocycles. The lowest BCUT2D eigenvalue weighted by molar-refractivity contribution is -0.120. The molecule has 9 heterocycles. The second-order valence-electron chi connectivity index (χ2n) is 21.6. The highest BCUT2D eigenvalue weighted by atomic mass is 32.2. The molecule has 1 unspecified atom stereocenters. The third kappa shape index (κ3) is 9.89.